The number of ether oxygens (including phenoxy) is 1. The Labute approximate surface area is 124 Å². The number of methoxy groups -OCH3 is 1. The monoisotopic (exact) mass is 288 g/mol. The zero-order chi connectivity index (χ0) is 15.4. The first-order valence-electron chi connectivity index (χ1n) is 6.94. The average molecular weight is 288 g/mol. The van der Waals surface area contributed by atoms with E-state index in [2.05, 4.69) is 5.32 Å². The van der Waals surface area contributed by atoms with Crippen LogP contribution in [-0.4, -0.2) is 42.5 Å². The summed E-state index contributed by atoms with van der Waals surface area (Å²) in [5.41, 5.74) is 0.909. The summed E-state index contributed by atoms with van der Waals surface area (Å²) in [5.74, 6) is 0.508. The number of nitrogens with one attached hydrogen (secondary N) is 1. The summed E-state index contributed by atoms with van der Waals surface area (Å²) in [6, 6.07) is 6.96. The Bertz CT molecular complexity index is 551. The van der Waals surface area contributed by atoms with Crippen molar-refractivity contribution in [2.45, 2.75) is 25.9 Å². The largest absolute Gasteiger partial charge is 0.497 e. The second kappa shape index (κ2) is 6.43. The standard InChI is InChI=1S/C16H20N2O3/c1-11-10-18(12(2)16(20)17-11)15(19)9-6-13-4-7-14(21-3)8-5-13/h4-9,11-12H,10H2,1-3H3,(H,17,20)/b9-6+. The van der Waals surface area contributed by atoms with Crippen LogP contribution in [0.5, 0.6) is 5.75 Å². The molecule has 1 fully saturated rings. The average Bonchev–Trinajstić information content (AvgIpc) is 2.49. The number of nitrogens with zero attached hydrogens (tertiary/aromatic N) is 1. The molecule has 1 aliphatic rings. The van der Waals surface area contributed by atoms with Gasteiger partial charge in [0.05, 0.1) is 7.11 Å². The lowest BCUT2D eigenvalue weighted by Gasteiger charge is -2.35. The zero-order valence-corrected chi connectivity index (χ0v) is 12.5. The van der Waals surface area contributed by atoms with Gasteiger partial charge in [-0.05, 0) is 37.6 Å². The van der Waals surface area contributed by atoms with Gasteiger partial charge in [-0.3, -0.25) is 9.59 Å². The van der Waals surface area contributed by atoms with Crippen LogP contribution in [0.2, 0.25) is 0 Å². The molecule has 5 heteroatoms. The van der Waals surface area contributed by atoms with Crippen LogP contribution >= 0.6 is 0 Å². The summed E-state index contributed by atoms with van der Waals surface area (Å²) >= 11 is 0. The van der Waals surface area contributed by atoms with Gasteiger partial charge in [-0.1, -0.05) is 12.1 Å². The second-order valence-electron chi connectivity index (χ2n) is 5.18. The van der Waals surface area contributed by atoms with Crippen LogP contribution in [0, 0.1) is 0 Å². The molecular formula is C16H20N2O3. The molecule has 0 aliphatic carbocycles. The maximum absolute atomic E-state index is 12.2. The lowest BCUT2D eigenvalue weighted by atomic mass is 10.1. The molecule has 0 aromatic heterocycles. The van der Waals surface area contributed by atoms with Crippen LogP contribution in [0.25, 0.3) is 6.08 Å². The van der Waals surface area contributed by atoms with E-state index in [1.165, 1.54) is 6.08 Å². The molecule has 1 aliphatic heterocycles. The van der Waals surface area contributed by atoms with E-state index in [0.29, 0.717) is 6.54 Å². The van der Waals surface area contributed by atoms with Crippen molar-refractivity contribution >= 4 is 17.9 Å². The molecule has 2 rings (SSSR count). The van der Waals surface area contributed by atoms with Crippen molar-refractivity contribution in [1.29, 1.82) is 0 Å². The summed E-state index contributed by atoms with van der Waals surface area (Å²) in [6.07, 6.45) is 3.25. The van der Waals surface area contributed by atoms with Crippen LogP contribution in [0.4, 0.5) is 0 Å². The van der Waals surface area contributed by atoms with Crippen molar-refractivity contribution in [3.8, 4) is 5.75 Å². The van der Waals surface area contributed by atoms with Gasteiger partial charge < -0.3 is 15.0 Å². The van der Waals surface area contributed by atoms with Gasteiger partial charge >= 0.3 is 0 Å². The smallest absolute Gasteiger partial charge is 0.247 e. The summed E-state index contributed by atoms with van der Waals surface area (Å²) < 4.78 is 5.08. The van der Waals surface area contributed by atoms with E-state index in [0.717, 1.165) is 11.3 Å². The minimum absolute atomic E-state index is 0.0213. The minimum Gasteiger partial charge on any atom is -0.497 e. The predicted octanol–water partition coefficient (Wildman–Crippen LogP) is 1.44. The first-order chi connectivity index (χ1) is 10.0. The van der Waals surface area contributed by atoms with E-state index in [4.69, 9.17) is 4.74 Å². The van der Waals surface area contributed by atoms with Crippen LogP contribution < -0.4 is 10.1 Å². The van der Waals surface area contributed by atoms with E-state index in [9.17, 15) is 9.59 Å². The van der Waals surface area contributed by atoms with Gasteiger partial charge in [0.15, 0.2) is 0 Å². The van der Waals surface area contributed by atoms with Crippen LogP contribution in [0.3, 0.4) is 0 Å². The SMILES string of the molecule is COc1ccc(/C=C/C(=O)N2CC(C)NC(=O)C2C)cc1. The van der Waals surface area contributed by atoms with Crippen LogP contribution in [-0.2, 0) is 9.59 Å². The molecule has 21 heavy (non-hydrogen) atoms. The van der Waals surface area contributed by atoms with Gasteiger partial charge in [0.2, 0.25) is 11.8 Å². The van der Waals surface area contributed by atoms with Crippen LogP contribution in [0.1, 0.15) is 19.4 Å². The molecule has 112 valence electrons. The maximum atomic E-state index is 12.2. The highest BCUT2D eigenvalue weighted by atomic mass is 16.5. The first-order valence-corrected chi connectivity index (χ1v) is 6.94. The van der Waals surface area contributed by atoms with Gasteiger partial charge in [0.1, 0.15) is 11.8 Å². The second-order valence-corrected chi connectivity index (χ2v) is 5.18. The van der Waals surface area contributed by atoms with Crippen molar-refractivity contribution in [3.05, 3.63) is 35.9 Å². The van der Waals surface area contributed by atoms with Crippen molar-refractivity contribution in [2.24, 2.45) is 0 Å². The fraction of sp³-hybridized carbons (Fsp3) is 0.375. The number of benzene rings is 1. The van der Waals surface area contributed by atoms with E-state index in [1.54, 1.807) is 25.0 Å². The number of hydrogen-bond donors (Lipinski definition) is 1. The summed E-state index contributed by atoms with van der Waals surface area (Å²) in [7, 11) is 1.61. The molecule has 1 aromatic rings. The van der Waals surface area contributed by atoms with E-state index >= 15 is 0 Å². The molecule has 5 nitrogen and oxygen atoms in total. The Morgan fingerprint density at radius 2 is 2.00 bits per heavy atom. The number of piperazine rings is 1. The fourth-order valence-corrected chi connectivity index (χ4v) is 2.26. The van der Waals surface area contributed by atoms with E-state index in [-0.39, 0.29) is 17.9 Å². The van der Waals surface area contributed by atoms with Crippen molar-refractivity contribution < 1.29 is 14.3 Å². The van der Waals surface area contributed by atoms with Crippen molar-refractivity contribution in [2.75, 3.05) is 13.7 Å². The minimum atomic E-state index is -0.436. The molecule has 0 radical (unpaired) electrons. The number of carbonyl (C=O) groups is 2. The summed E-state index contributed by atoms with van der Waals surface area (Å²) in [6.45, 7) is 4.15. The Morgan fingerprint density at radius 3 is 2.62 bits per heavy atom. The molecule has 2 atom stereocenters. The highest BCUT2D eigenvalue weighted by Crippen LogP contribution is 2.13. The molecule has 0 spiro atoms. The van der Waals surface area contributed by atoms with E-state index < -0.39 is 6.04 Å². The molecule has 1 heterocycles. The third-order valence-corrected chi connectivity index (χ3v) is 3.52. The Hall–Kier alpha value is -2.30. The van der Waals surface area contributed by atoms with Crippen LogP contribution in [0.15, 0.2) is 30.3 Å². The number of amides is 2. The molecule has 2 unspecified atom stereocenters. The predicted molar refractivity (Wildman–Crippen MR) is 80.8 cm³/mol. The number of carbonyl (C=O) groups excluding carboxylic acids is 2. The Balaban J connectivity index is 2.05. The number of rotatable bonds is 3. The lowest BCUT2D eigenvalue weighted by Crippen LogP contribution is -2.59. The lowest BCUT2D eigenvalue weighted by molar-refractivity contribution is -0.140. The van der Waals surface area contributed by atoms with Gasteiger partial charge in [0, 0.05) is 18.7 Å². The highest BCUT2D eigenvalue weighted by Gasteiger charge is 2.31. The molecule has 1 N–H and O–H groups in total. The Morgan fingerprint density at radius 1 is 1.33 bits per heavy atom. The highest BCUT2D eigenvalue weighted by molar-refractivity contribution is 5.96. The number of hydrogen-bond acceptors (Lipinski definition) is 3. The van der Waals surface area contributed by atoms with Gasteiger partial charge in [-0.15, -0.1) is 0 Å². The Kier molecular flexibility index (Phi) is 4.62. The zero-order valence-electron chi connectivity index (χ0n) is 12.5. The topological polar surface area (TPSA) is 58.6 Å². The maximum Gasteiger partial charge on any atom is 0.247 e. The van der Waals surface area contributed by atoms with E-state index in [1.807, 2.05) is 31.2 Å². The summed E-state index contributed by atoms with van der Waals surface area (Å²) in [4.78, 5) is 25.5. The quantitative estimate of drug-likeness (QED) is 0.856. The van der Waals surface area contributed by atoms with Gasteiger partial charge in [-0.2, -0.15) is 0 Å². The molecule has 2 amide bonds. The fourth-order valence-electron chi connectivity index (χ4n) is 2.26. The van der Waals surface area contributed by atoms with Crippen molar-refractivity contribution in [3.63, 3.8) is 0 Å². The van der Waals surface area contributed by atoms with Gasteiger partial charge in [0.25, 0.3) is 0 Å². The third kappa shape index (κ3) is 3.62. The molecule has 1 saturated heterocycles. The third-order valence-electron chi connectivity index (χ3n) is 3.52. The molecular weight excluding hydrogens is 268 g/mol. The van der Waals surface area contributed by atoms with Crippen molar-refractivity contribution in [1.82, 2.24) is 10.2 Å². The first kappa shape index (κ1) is 15.1. The molecule has 1 aromatic carbocycles. The molecule has 0 bridgehead atoms. The molecule has 0 saturated carbocycles. The normalized spacial score (nSPS) is 22.2. The van der Waals surface area contributed by atoms with Gasteiger partial charge in [-0.25, -0.2) is 0 Å². The summed E-state index contributed by atoms with van der Waals surface area (Å²) in [5, 5.41) is 2.83.